The van der Waals surface area contributed by atoms with Crippen LogP contribution in [0.1, 0.15) is 51.4 Å². The molecule has 1 aromatic rings. The number of hydrogen-bond acceptors (Lipinski definition) is 2. The quantitative estimate of drug-likeness (QED) is 0.696. The van der Waals surface area contributed by atoms with Crippen molar-refractivity contribution in [2.24, 2.45) is 0 Å². The van der Waals surface area contributed by atoms with Gasteiger partial charge in [0.2, 0.25) is 0 Å². The molecule has 18 heavy (non-hydrogen) atoms. The highest BCUT2D eigenvalue weighted by molar-refractivity contribution is 5.53. The van der Waals surface area contributed by atoms with Gasteiger partial charge >= 0.3 is 0 Å². The summed E-state index contributed by atoms with van der Waals surface area (Å²) in [5.74, 6) is 0. The maximum absolute atomic E-state index is 3.49. The molecule has 0 atom stereocenters. The molecule has 0 spiro atoms. The third kappa shape index (κ3) is 4.99. The molecule has 2 heteroatoms. The molecule has 2 heterocycles. The second kappa shape index (κ2) is 8.02. The highest BCUT2D eigenvalue weighted by Gasteiger charge is 1.97. The molecule has 0 aromatic heterocycles. The van der Waals surface area contributed by atoms with Crippen LogP contribution in [-0.4, -0.2) is 13.1 Å². The molecule has 2 bridgehead atoms. The van der Waals surface area contributed by atoms with Gasteiger partial charge in [-0.25, -0.2) is 0 Å². The Hall–Kier alpha value is -1.18. The molecular formula is C16H26N2. The van der Waals surface area contributed by atoms with Crippen LogP contribution in [0, 0.1) is 0 Å². The van der Waals surface area contributed by atoms with Crippen LogP contribution in [0.15, 0.2) is 24.3 Å². The lowest BCUT2D eigenvalue weighted by molar-refractivity contribution is 0.577. The fourth-order valence-corrected chi connectivity index (χ4v) is 2.48. The fraction of sp³-hybridized carbons (Fsp3) is 0.625. The number of fused-ring (bicyclic) bond motifs is 13. The smallest absolute Gasteiger partial charge is 0.0341 e. The summed E-state index contributed by atoms with van der Waals surface area (Å²) in [6, 6.07) is 8.70. The summed E-state index contributed by atoms with van der Waals surface area (Å²) in [6.07, 6.45) is 11.0. The minimum atomic E-state index is 1.10. The highest BCUT2D eigenvalue weighted by Crippen LogP contribution is 2.15. The van der Waals surface area contributed by atoms with Crippen molar-refractivity contribution in [1.82, 2.24) is 0 Å². The van der Waals surface area contributed by atoms with Crippen LogP contribution >= 0.6 is 0 Å². The molecule has 2 aliphatic rings. The molecule has 0 fully saturated rings. The average Bonchev–Trinajstić information content (AvgIpc) is 2.40. The van der Waals surface area contributed by atoms with Gasteiger partial charge in [0.1, 0.15) is 0 Å². The lowest BCUT2D eigenvalue weighted by atomic mass is 10.1. The summed E-state index contributed by atoms with van der Waals surface area (Å²) in [5, 5.41) is 6.98. The van der Waals surface area contributed by atoms with Crippen LogP contribution < -0.4 is 10.6 Å². The summed E-state index contributed by atoms with van der Waals surface area (Å²) in [5.41, 5.74) is 2.49. The van der Waals surface area contributed by atoms with E-state index in [9.17, 15) is 0 Å². The zero-order valence-electron chi connectivity index (χ0n) is 11.4. The molecular weight excluding hydrogens is 220 g/mol. The van der Waals surface area contributed by atoms with Gasteiger partial charge in [0, 0.05) is 24.5 Å². The highest BCUT2D eigenvalue weighted by atomic mass is 14.9. The summed E-state index contributed by atoms with van der Waals surface area (Å²) in [6.45, 7) is 2.21. The predicted molar refractivity (Wildman–Crippen MR) is 80.4 cm³/mol. The minimum absolute atomic E-state index is 1.10. The summed E-state index contributed by atoms with van der Waals surface area (Å²) < 4.78 is 0. The van der Waals surface area contributed by atoms with Gasteiger partial charge in [0.15, 0.2) is 0 Å². The van der Waals surface area contributed by atoms with Gasteiger partial charge in [-0.1, -0.05) is 38.5 Å². The van der Waals surface area contributed by atoms with Gasteiger partial charge in [-0.05, 0) is 37.1 Å². The van der Waals surface area contributed by atoms with Gasteiger partial charge in [-0.2, -0.15) is 0 Å². The number of anilines is 2. The van der Waals surface area contributed by atoms with E-state index in [1.807, 2.05) is 0 Å². The number of benzene rings is 1. The third-order valence-electron chi connectivity index (χ3n) is 3.65. The van der Waals surface area contributed by atoms with E-state index < -0.39 is 0 Å². The van der Waals surface area contributed by atoms with Crippen LogP contribution in [0.4, 0.5) is 11.4 Å². The van der Waals surface area contributed by atoms with E-state index in [-0.39, 0.29) is 0 Å². The average molecular weight is 246 g/mol. The van der Waals surface area contributed by atoms with Crippen molar-refractivity contribution in [3.05, 3.63) is 24.3 Å². The summed E-state index contributed by atoms with van der Waals surface area (Å²) >= 11 is 0. The molecule has 2 nitrogen and oxygen atoms in total. The van der Waals surface area contributed by atoms with E-state index in [0.29, 0.717) is 0 Å². The Bertz CT molecular complexity index is 285. The molecule has 0 radical (unpaired) electrons. The zero-order chi connectivity index (χ0) is 12.5. The first-order valence-corrected chi connectivity index (χ1v) is 7.53. The number of hydrogen-bond donors (Lipinski definition) is 2. The van der Waals surface area contributed by atoms with E-state index in [1.165, 1.54) is 62.7 Å². The van der Waals surface area contributed by atoms with Crippen molar-refractivity contribution in [1.29, 1.82) is 0 Å². The largest absolute Gasteiger partial charge is 0.385 e. The molecule has 0 amide bonds. The van der Waals surface area contributed by atoms with Crippen molar-refractivity contribution in [3.63, 3.8) is 0 Å². The zero-order valence-corrected chi connectivity index (χ0v) is 11.4. The third-order valence-corrected chi connectivity index (χ3v) is 3.65. The molecule has 2 N–H and O–H groups in total. The van der Waals surface area contributed by atoms with Crippen LogP contribution in [0.25, 0.3) is 0 Å². The Balaban J connectivity index is 1.84. The molecule has 0 unspecified atom stereocenters. The lowest BCUT2D eigenvalue weighted by Gasteiger charge is -2.10. The van der Waals surface area contributed by atoms with Crippen molar-refractivity contribution >= 4 is 11.4 Å². The predicted octanol–water partition coefficient (Wildman–Crippen LogP) is 4.64. The Morgan fingerprint density at radius 3 is 1.22 bits per heavy atom. The maximum atomic E-state index is 3.49. The second-order valence-corrected chi connectivity index (χ2v) is 5.26. The number of rotatable bonds is 0. The monoisotopic (exact) mass is 246 g/mol. The maximum Gasteiger partial charge on any atom is 0.0341 e. The van der Waals surface area contributed by atoms with Crippen molar-refractivity contribution in [3.8, 4) is 0 Å². The molecule has 1 aromatic carbocycles. The van der Waals surface area contributed by atoms with Gasteiger partial charge in [0.05, 0.1) is 0 Å². The van der Waals surface area contributed by atoms with Crippen molar-refractivity contribution in [2.45, 2.75) is 51.4 Å². The van der Waals surface area contributed by atoms with Gasteiger partial charge in [-0.3, -0.25) is 0 Å². The minimum Gasteiger partial charge on any atom is -0.385 e. The SMILES string of the molecule is c1cc2ccc1NCCCCCCCCCCN2. The first-order chi connectivity index (χ1) is 8.95. The van der Waals surface area contributed by atoms with Crippen LogP contribution in [0.3, 0.4) is 0 Å². The van der Waals surface area contributed by atoms with Crippen LogP contribution in [0.5, 0.6) is 0 Å². The van der Waals surface area contributed by atoms with Gasteiger partial charge < -0.3 is 10.6 Å². The molecule has 2 aliphatic heterocycles. The van der Waals surface area contributed by atoms with Gasteiger partial charge in [0.25, 0.3) is 0 Å². The van der Waals surface area contributed by atoms with Crippen LogP contribution in [-0.2, 0) is 0 Å². The topological polar surface area (TPSA) is 24.1 Å². The van der Waals surface area contributed by atoms with Crippen molar-refractivity contribution < 1.29 is 0 Å². The van der Waals surface area contributed by atoms with Crippen LogP contribution in [0.2, 0.25) is 0 Å². The van der Waals surface area contributed by atoms with E-state index in [2.05, 4.69) is 34.9 Å². The first-order valence-electron chi connectivity index (χ1n) is 7.53. The number of nitrogens with one attached hydrogen (secondary N) is 2. The Kier molecular flexibility index (Phi) is 5.90. The van der Waals surface area contributed by atoms with E-state index in [0.717, 1.165) is 13.1 Å². The molecule has 100 valence electrons. The standard InChI is InChI=1S/C16H26N2/c1-2-4-6-8-14-18-16-11-9-15(10-12-16)17-13-7-5-3-1/h9-12,17-18H,1-8,13-14H2. The van der Waals surface area contributed by atoms with Gasteiger partial charge in [-0.15, -0.1) is 0 Å². The summed E-state index contributed by atoms with van der Waals surface area (Å²) in [4.78, 5) is 0. The summed E-state index contributed by atoms with van der Waals surface area (Å²) in [7, 11) is 0. The Morgan fingerprint density at radius 2 is 0.833 bits per heavy atom. The molecule has 0 saturated carbocycles. The normalized spacial score (nSPS) is 18.9. The van der Waals surface area contributed by atoms with E-state index in [4.69, 9.17) is 0 Å². The Labute approximate surface area is 111 Å². The van der Waals surface area contributed by atoms with Crippen molar-refractivity contribution in [2.75, 3.05) is 23.7 Å². The van der Waals surface area contributed by atoms with E-state index in [1.54, 1.807) is 0 Å². The first kappa shape index (κ1) is 13.3. The molecule has 0 saturated heterocycles. The molecule has 3 rings (SSSR count). The lowest BCUT2D eigenvalue weighted by Crippen LogP contribution is -2.04. The van der Waals surface area contributed by atoms with E-state index >= 15 is 0 Å². The Morgan fingerprint density at radius 1 is 0.500 bits per heavy atom. The fourth-order valence-electron chi connectivity index (χ4n) is 2.48. The molecule has 0 aliphatic carbocycles. The second-order valence-electron chi connectivity index (χ2n) is 5.26.